The number of allylic oxidation sites excluding steroid dienone is 1. The first-order valence-electron chi connectivity index (χ1n) is 9.48. The van der Waals surface area contributed by atoms with Gasteiger partial charge in [0.1, 0.15) is 11.5 Å². The molecule has 2 aromatic rings. The fraction of sp³-hybridized carbons (Fsp3) is 0.333. The topological polar surface area (TPSA) is 52.6 Å². The number of ether oxygens (including phenoxy) is 2. The molecule has 1 aliphatic rings. The minimum atomic E-state index is -0.318. The van der Waals surface area contributed by atoms with Gasteiger partial charge in [-0.05, 0) is 41.7 Å². The van der Waals surface area contributed by atoms with Crippen molar-refractivity contribution in [3.63, 3.8) is 0 Å². The van der Waals surface area contributed by atoms with E-state index in [0.29, 0.717) is 22.6 Å². The molecule has 0 saturated heterocycles. The Hall–Kier alpha value is -2.88. The molecule has 0 N–H and O–H groups in total. The number of esters is 1. The van der Waals surface area contributed by atoms with Crippen LogP contribution in [0, 0.1) is 12.8 Å². The Bertz CT molecular complexity index is 957. The average Bonchev–Trinajstić information content (AvgIpc) is 2.94. The van der Waals surface area contributed by atoms with Crippen LogP contribution >= 0.6 is 0 Å². The number of carbonyl (C=O) groups excluding carboxylic acids is 2. The molecular weight excluding hydrogens is 352 g/mol. The highest BCUT2D eigenvalue weighted by Gasteiger charge is 2.30. The van der Waals surface area contributed by atoms with Crippen molar-refractivity contribution in [2.45, 2.75) is 47.0 Å². The van der Waals surface area contributed by atoms with Crippen LogP contribution in [-0.2, 0) is 10.2 Å². The predicted octanol–water partition coefficient (Wildman–Crippen LogP) is 5.47. The second kappa shape index (κ2) is 7.27. The zero-order chi connectivity index (χ0) is 20.6. The number of ketones is 1. The highest BCUT2D eigenvalue weighted by atomic mass is 16.5. The second-order valence-corrected chi connectivity index (χ2v) is 8.45. The summed E-state index contributed by atoms with van der Waals surface area (Å²) in [5.41, 5.74) is 3.32. The van der Waals surface area contributed by atoms with Crippen LogP contribution in [-0.4, -0.2) is 11.8 Å². The van der Waals surface area contributed by atoms with Gasteiger partial charge in [0, 0.05) is 5.56 Å². The number of rotatable bonds is 3. The van der Waals surface area contributed by atoms with Crippen molar-refractivity contribution in [1.82, 2.24) is 0 Å². The predicted molar refractivity (Wildman–Crippen MR) is 110 cm³/mol. The number of hydrogen-bond acceptors (Lipinski definition) is 4. The van der Waals surface area contributed by atoms with Gasteiger partial charge < -0.3 is 9.47 Å². The van der Waals surface area contributed by atoms with Gasteiger partial charge in [0.25, 0.3) is 0 Å². The van der Waals surface area contributed by atoms with E-state index in [1.807, 2.05) is 12.1 Å². The fourth-order valence-corrected chi connectivity index (χ4v) is 2.94. The Kier molecular flexibility index (Phi) is 5.16. The van der Waals surface area contributed by atoms with Crippen molar-refractivity contribution in [2.75, 3.05) is 0 Å². The molecule has 0 fully saturated rings. The van der Waals surface area contributed by atoms with E-state index in [1.165, 1.54) is 5.56 Å². The Morgan fingerprint density at radius 3 is 2.29 bits per heavy atom. The number of benzene rings is 2. The van der Waals surface area contributed by atoms with E-state index in [-0.39, 0.29) is 28.8 Å². The van der Waals surface area contributed by atoms with Gasteiger partial charge in [0.05, 0.1) is 11.5 Å². The van der Waals surface area contributed by atoms with E-state index in [1.54, 1.807) is 39.0 Å². The van der Waals surface area contributed by atoms with Crippen LogP contribution < -0.4 is 9.47 Å². The van der Waals surface area contributed by atoms with E-state index in [0.717, 1.165) is 5.56 Å². The first kappa shape index (κ1) is 19.9. The minimum absolute atomic E-state index is 0.0719. The number of Topliss-reactive ketones (excluding diaryl/α,β-unsaturated/α-hetero) is 1. The molecule has 1 aliphatic heterocycles. The normalized spacial score (nSPS) is 15.0. The summed E-state index contributed by atoms with van der Waals surface area (Å²) in [7, 11) is 0. The molecule has 28 heavy (non-hydrogen) atoms. The highest BCUT2D eigenvalue weighted by Crippen LogP contribution is 2.39. The third kappa shape index (κ3) is 3.86. The second-order valence-electron chi connectivity index (χ2n) is 8.45. The van der Waals surface area contributed by atoms with E-state index >= 15 is 0 Å². The SMILES string of the molecule is Cc1c(OC(=O)C(C)C)ccc2c1O/C(=C\c1ccc(C(C)(C)C)cc1)C2=O. The van der Waals surface area contributed by atoms with Crippen LogP contribution in [0.2, 0.25) is 0 Å². The molecule has 4 nitrogen and oxygen atoms in total. The molecular formula is C24H26O4. The van der Waals surface area contributed by atoms with Crippen LogP contribution in [0.25, 0.3) is 6.08 Å². The molecule has 0 spiro atoms. The molecule has 2 aromatic carbocycles. The van der Waals surface area contributed by atoms with Gasteiger partial charge in [0.15, 0.2) is 5.76 Å². The molecule has 0 aromatic heterocycles. The number of carbonyl (C=O) groups is 2. The van der Waals surface area contributed by atoms with E-state index < -0.39 is 0 Å². The molecule has 0 bridgehead atoms. The lowest BCUT2D eigenvalue weighted by Crippen LogP contribution is -2.15. The van der Waals surface area contributed by atoms with Crippen molar-refractivity contribution >= 4 is 17.8 Å². The Morgan fingerprint density at radius 2 is 1.71 bits per heavy atom. The summed E-state index contributed by atoms with van der Waals surface area (Å²) in [4.78, 5) is 24.6. The van der Waals surface area contributed by atoms with Crippen LogP contribution in [0.5, 0.6) is 11.5 Å². The Labute approximate surface area is 166 Å². The third-order valence-corrected chi connectivity index (χ3v) is 4.79. The van der Waals surface area contributed by atoms with Gasteiger partial charge in [-0.2, -0.15) is 0 Å². The van der Waals surface area contributed by atoms with Crippen LogP contribution in [0.4, 0.5) is 0 Å². The molecule has 1 heterocycles. The molecule has 0 unspecified atom stereocenters. The zero-order valence-corrected chi connectivity index (χ0v) is 17.3. The Morgan fingerprint density at radius 1 is 1.07 bits per heavy atom. The first-order chi connectivity index (χ1) is 13.1. The van der Waals surface area contributed by atoms with Crippen molar-refractivity contribution in [3.8, 4) is 11.5 Å². The summed E-state index contributed by atoms with van der Waals surface area (Å²) >= 11 is 0. The largest absolute Gasteiger partial charge is 0.452 e. The van der Waals surface area contributed by atoms with Crippen molar-refractivity contribution in [1.29, 1.82) is 0 Å². The maximum absolute atomic E-state index is 12.7. The molecule has 0 saturated carbocycles. The molecule has 0 atom stereocenters. The number of hydrogen-bond donors (Lipinski definition) is 0. The molecule has 0 radical (unpaired) electrons. The third-order valence-electron chi connectivity index (χ3n) is 4.79. The zero-order valence-electron chi connectivity index (χ0n) is 17.3. The first-order valence-corrected chi connectivity index (χ1v) is 9.48. The fourth-order valence-electron chi connectivity index (χ4n) is 2.94. The lowest BCUT2D eigenvalue weighted by molar-refractivity contribution is -0.137. The van der Waals surface area contributed by atoms with E-state index in [2.05, 4.69) is 32.9 Å². The van der Waals surface area contributed by atoms with Crippen LogP contribution in [0.1, 0.15) is 61.7 Å². The standard InChI is InChI=1S/C24H26O4/c1-14(2)23(26)28-19-12-11-18-21(25)20(27-22(18)15(19)3)13-16-7-9-17(10-8-16)24(4,5)6/h7-14H,1-6H3/b20-13-. The van der Waals surface area contributed by atoms with Gasteiger partial charge in [-0.1, -0.05) is 58.9 Å². The monoisotopic (exact) mass is 378 g/mol. The quantitative estimate of drug-likeness (QED) is 0.404. The van der Waals surface area contributed by atoms with Gasteiger partial charge in [-0.25, -0.2) is 0 Å². The van der Waals surface area contributed by atoms with E-state index in [4.69, 9.17) is 9.47 Å². The summed E-state index contributed by atoms with van der Waals surface area (Å²) in [5, 5.41) is 0. The lowest BCUT2D eigenvalue weighted by Gasteiger charge is -2.18. The molecule has 146 valence electrons. The summed E-state index contributed by atoms with van der Waals surface area (Å²) < 4.78 is 11.3. The lowest BCUT2D eigenvalue weighted by atomic mass is 9.86. The van der Waals surface area contributed by atoms with Crippen molar-refractivity contribution in [2.24, 2.45) is 5.92 Å². The summed E-state index contributed by atoms with van der Waals surface area (Å²) in [5.74, 6) is 0.426. The van der Waals surface area contributed by atoms with Crippen molar-refractivity contribution < 1.29 is 19.1 Å². The summed E-state index contributed by atoms with van der Waals surface area (Å²) in [6.07, 6.45) is 1.74. The smallest absolute Gasteiger partial charge is 0.313 e. The molecule has 0 amide bonds. The van der Waals surface area contributed by atoms with Gasteiger partial charge in [0.2, 0.25) is 5.78 Å². The van der Waals surface area contributed by atoms with Crippen LogP contribution in [0.15, 0.2) is 42.2 Å². The summed E-state index contributed by atoms with van der Waals surface area (Å²) in [6, 6.07) is 11.4. The maximum Gasteiger partial charge on any atom is 0.313 e. The Balaban J connectivity index is 1.88. The number of fused-ring (bicyclic) bond motifs is 1. The van der Waals surface area contributed by atoms with Gasteiger partial charge in [-0.15, -0.1) is 0 Å². The van der Waals surface area contributed by atoms with Crippen molar-refractivity contribution in [3.05, 3.63) is 64.4 Å². The van der Waals surface area contributed by atoms with E-state index in [9.17, 15) is 9.59 Å². The van der Waals surface area contributed by atoms with Crippen LogP contribution in [0.3, 0.4) is 0 Å². The summed E-state index contributed by atoms with van der Waals surface area (Å²) in [6.45, 7) is 11.8. The van der Waals surface area contributed by atoms with Gasteiger partial charge >= 0.3 is 5.97 Å². The maximum atomic E-state index is 12.7. The molecule has 3 rings (SSSR count). The van der Waals surface area contributed by atoms with Gasteiger partial charge in [-0.3, -0.25) is 9.59 Å². The highest BCUT2D eigenvalue weighted by molar-refractivity contribution is 6.15. The average molecular weight is 378 g/mol. The molecule has 0 aliphatic carbocycles. The minimum Gasteiger partial charge on any atom is -0.452 e. The molecule has 4 heteroatoms.